The van der Waals surface area contributed by atoms with Gasteiger partial charge >= 0.3 is 0 Å². The van der Waals surface area contributed by atoms with Crippen LogP contribution in [0.1, 0.15) is 17.3 Å². The molecule has 0 saturated carbocycles. The molecule has 1 aromatic rings. The zero-order chi connectivity index (χ0) is 10.6. The van der Waals surface area contributed by atoms with Crippen LogP contribution in [0.4, 0.5) is 5.69 Å². The van der Waals surface area contributed by atoms with E-state index in [0.717, 1.165) is 5.69 Å². The molecule has 0 aliphatic carbocycles. The predicted molar refractivity (Wildman–Crippen MR) is 56.4 cm³/mol. The maximum atomic E-state index is 11.0. The number of hydrazine groups is 1. The van der Waals surface area contributed by atoms with E-state index in [1.54, 1.807) is 24.3 Å². The molecule has 0 aromatic heterocycles. The van der Waals surface area contributed by atoms with Gasteiger partial charge in [0.15, 0.2) is 5.78 Å². The molecule has 4 N–H and O–H groups in total. The number of nitrogens with two attached hydrogens (primary N) is 2. The molecule has 1 rings (SSSR count). The number of ketones is 1. The summed E-state index contributed by atoms with van der Waals surface area (Å²) in [5.74, 6) is 5.65. The van der Waals surface area contributed by atoms with Gasteiger partial charge in [-0.3, -0.25) is 9.80 Å². The van der Waals surface area contributed by atoms with Crippen molar-refractivity contribution in [3.8, 4) is 0 Å². The summed E-state index contributed by atoms with van der Waals surface area (Å²) >= 11 is 0. The second-order valence-corrected chi connectivity index (χ2v) is 2.85. The van der Waals surface area contributed by atoms with E-state index in [9.17, 15) is 4.79 Å². The Morgan fingerprint density at radius 3 is 2.36 bits per heavy atom. The monoisotopic (exact) mass is 191 g/mol. The number of carbonyl (C=O) groups excluding carboxylic acids is 1. The van der Waals surface area contributed by atoms with Crippen LogP contribution < -0.4 is 16.6 Å². The highest BCUT2D eigenvalue weighted by molar-refractivity contribution is 5.94. The largest absolute Gasteiger partial charge is 0.403 e. The highest BCUT2D eigenvalue weighted by atomic mass is 16.1. The Morgan fingerprint density at radius 1 is 1.36 bits per heavy atom. The van der Waals surface area contributed by atoms with Crippen molar-refractivity contribution < 1.29 is 4.79 Å². The number of nitrogens with zero attached hydrogens (tertiary/aromatic N) is 1. The van der Waals surface area contributed by atoms with E-state index in [0.29, 0.717) is 5.56 Å². The van der Waals surface area contributed by atoms with Crippen molar-refractivity contribution in [1.82, 2.24) is 0 Å². The summed E-state index contributed by atoms with van der Waals surface area (Å²) in [6.07, 6.45) is 2.88. The lowest BCUT2D eigenvalue weighted by Crippen LogP contribution is -2.24. The fourth-order valence-electron chi connectivity index (χ4n) is 1.05. The van der Waals surface area contributed by atoms with Crippen LogP contribution >= 0.6 is 0 Å². The Kier molecular flexibility index (Phi) is 3.25. The van der Waals surface area contributed by atoms with E-state index in [1.165, 1.54) is 24.3 Å². The first-order valence-corrected chi connectivity index (χ1v) is 4.18. The molecule has 0 saturated heterocycles. The van der Waals surface area contributed by atoms with Crippen molar-refractivity contribution in [1.29, 1.82) is 0 Å². The van der Waals surface area contributed by atoms with E-state index < -0.39 is 0 Å². The quantitative estimate of drug-likeness (QED) is 0.424. The van der Waals surface area contributed by atoms with Crippen LogP contribution in [0.25, 0.3) is 0 Å². The lowest BCUT2D eigenvalue weighted by atomic mass is 10.1. The van der Waals surface area contributed by atoms with Crippen LogP contribution in [-0.2, 0) is 0 Å². The Bertz CT molecular complexity index is 343. The van der Waals surface area contributed by atoms with Gasteiger partial charge in [0.1, 0.15) is 0 Å². The first-order chi connectivity index (χ1) is 6.65. The Labute approximate surface area is 82.8 Å². The van der Waals surface area contributed by atoms with Crippen LogP contribution in [-0.4, -0.2) is 5.78 Å². The van der Waals surface area contributed by atoms with Gasteiger partial charge in [-0.05, 0) is 31.2 Å². The van der Waals surface area contributed by atoms with Crippen LogP contribution in [0.2, 0.25) is 0 Å². The molecule has 0 fully saturated rings. The summed E-state index contributed by atoms with van der Waals surface area (Å²) in [7, 11) is 0. The zero-order valence-electron chi connectivity index (χ0n) is 7.97. The third-order valence-electron chi connectivity index (χ3n) is 1.82. The number of anilines is 1. The van der Waals surface area contributed by atoms with Crippen LogP contribution in [0, 0.1) is 0 Å². The summed E-state index contributed by atoms with van der Waals surface area (Å²) in [5.41, 5.74) is 6.63. The van der Waals surface area contributed by atoms with Gasteiger partial charge in [-0.1, -0.05) is 0 Å². The molecule has 14 heavy (non-hydrogen) atoms. The fraction of sp³-hybridized carbons (Fsp3) is 0.100. The molecule has 4 nitrogen and oxygen atoms in total. The molecular weight excluding hydrogens is 178 g/mol. The minimum absolute atomic E-state index is 0.0366. The van der Waals surface area contributed by atoms with E-state index in [2.05, 4.69) is 0 Å². The second-order valence-electron chi connectivity index (χ2n) is 2.85. The topological polar surface area (TPSA) is 72.3 Å². The average Bonchev–Trinajstić information content (AvgIpc) is 2.18. The average molecular weight is 191 g/mol. The number of benzene rings is 1. The molecule has 0 bridgehead atoms. The van der Waals surface area contributed by atoms with E-state index in [1.807, 2.05) is 0 Å². The molecule has 0 atom stereocenters. The van der Waals surface area contributed by atoms with Crippen molar-refractivity contribution >= 4 is 11.5 Å². The number of rotatable bonds is 3. The normalized spacial score (nSPS) is 10.4. The van der Waals surface area contributed by atoms with Crippen LogP contribution in [0.5, 0.6) is 0 Å². The van der Waals surface area contributed by atoms with Crippen LogP contribution in [0.15, 0.2) is 36.7 Å². The SMILES string of the molecule is CC(=O)c1ccc(N(N)/C=C\N)cc1. The van der Waals surface area contributed by atoms with Gasteiger partial charge in [0, 0.05) is 18.0 Å². The summed E-state index contributed by atoms with van der Waals surface area (Å²) in [6.45, 7) is 1.52. The first kappa shape index (κ1) is 10.3. The molecule has 4 heteroatoms. The third-order valence-corrected chi connectivity index (χ3v) is 1.82. The molecule has 0 aliphatic rings. The first-order valence-electron chi connectivity index (χ1n) is 4.18. The minimum atomic E-state index is 0.0366. The van der Waals surface area contributed by atoms with Crippen molar-refractivity contribution in [3.05, 3.63) is 42.2 Å². The van der Waals surface area contributed by atoms with E-state index >= 15 is 0 Å². The number of carbonyl (C=O) groups is 1. The summed E-state index contributed by atoms with van der Waals surface area (Å²) in [6, 6.07) is 6.97. The minimum Gasteiger partial charge on any atom is -0.403 e. The van der Waals surface area contributed by atoms with Gasteiger partial charge in [0.05, 0.1) is 5.69 Å². The molecule has 1 aromatic carbocycles. The highest BCUT2D eigenvalue weighted by Gasteiger charge is 2.00. The molecule has 0 spiro atoms. The van der Waals surface area contributed by atoms with Crippen LogP contribution in [0.3, 0.4) is 0 Å². The van der Waals surface area contributed by atoms with Gasteiger partial charge < -0.3 is 5.73 Å². The van der Waals surface area contributed by atoms with Gasteiger partial charge in [-0.15, -0.1) is 0 Å². The summed E-state index contributed by atoms with van der Waals surface area (Å²) in [4.78, 5) is 11.0. The van der Waals surface area contributed by atoms with Gasteiger partial charge in [0.25, 0.3) is 0 Å². The fourth-order valence-corrected chi connectivity index (χ4v) is 1.05. The maximum Gasteiger partial charge on any atom is 0.159 e. The van der Waals surface area contributed by atoms with Crippen molar-refractivity contribution in [2.75, 3.05) is 5.01 Å². The zero-order valence-corrected chi connectivity index (χ0v) is 7.97. The van der Waals surface area contributed by atoms with Crippen molar-refractivity contribution in [2.45, 2.75) is 6.92 Å². The van der Waals surface area contributed by atoms with Gasteiger partial charge in [-0.25, -0.2) is 5.84 Å². The molecule has 0 heterocycles. The van der Waals surface area contributed by atoms with Gasteiger partial charge in [-0.2, -0.15) is 0 Å². The number of hydrogen-bond donors (Lipinski definition) is 2. The number of Topliss-reactive ketones (excluding diaryl/α,β-unsaturated/α-hetero) is 1. The standard InChI is InChI=1S/C10H13N3O/c1-8(14)9-2-4-10(5-3-9)13(12)7-6-11/h2-7H,11-12H2,1H3/b7-6-. The smallest absolute Gasteiger partial charge is 0.159 e. The maximum absolute atomic E-state index is 11.0. The van der Waals surface area contributed by atoms with E-state index in [-0.39, 0.29) is 5.78 Å². The summed E-state index contributed by atoms with van der Waals surface area (Å²) < 4.78 is 0. The second kappa shape index (κ2) is 4.43. The Morgan fingerprint density at radius 2 is 1.93 bits per heavy atom. The lowest BCUT2D eigenvalue weighted by molar-refractivity contribution is 0.101. The third kappa shape index (κ3) is 2.34. The van der Waals surface area contributed by atoms with Crippen molar-refractivity contribution in [3.63, 3.8) is 0 Å². The molecule has 0 unspecified atom stereocenters. The summed E-state index contributed by atoms with van der Waals surface area (Å²) in [5, 5.41) is 1.38. The Balaban J connectivity index is 2.88. The highest BCUT2D eigenvalue weighted by Crippen LogP contribution is 2.12. The molecule has 0 amide bonds. The van der Waals surface area contributed by atoms with Crippen molar-refractivity contribution in [2.24, 2.45) is 11.6 Å². The molecular formula is C10H13N3O. The Hall–Kier alpha value is -1.81. The van der Waals surface area contributed by atoms with E-state index in [4.69, 9.17) is 11.6 Å². The molecule has 74 valence electrons. The predicted octanol–water partition coefficient (Wildman–Crippen LogP) is 0.999. The lowest BCUT2D eigenvalue weighted by Gasteiger charge is -2.12. The molecule has 0 radical (unpaired) electrons. The molecule has 0 aliphatic heterocycles. The van der Waals surface area contributed by atoms with Gasteiger partial charge in [0.2, 0.25) is 0 Å². The number of hydrogen-bond acceptors (Lipinski definition) is 4.